The van der Waals surface area contributed by atoms with Crippen LogP contribution in [0, 0.1) is 0 Å². The number of aromatic nitrogens is 2. The fourth-order valence-electron chi connectivity index (χ4n) is 2.32. The number of rotatable bonds is 4. The first-order valence-corrected chi connectivity index (χ1v) is 7.65. The van der Waals surface area contributed by atoms with Crippen LogP contribution in [0.15, 0.2) is 28.9 Å². The SMILES string of the molecule is NC(=S)c1ccnnc1NCc1cc(Br)cc2c1OCC2. The molecule has 1 aromatic carbocycles. The minimum absolute atomic E-state index is 0.295. The van der Waals surface area contributed by atoms with Crippen LogP contribution in [0.5, 0.6) is 5.75 Å². The number of thiocarbonyl (C=S) groups is 1. The average Bonchev–Trinajstić information content (AvgIpc) is 2.93. The number of anilines is 1. The maximum Gasteiger partial charge on any atom is 0.159 e. The molecule has 1 aliphatic heterocycles. The fourth-order valence-corrected chi connectivity index (χ4v) is 3.03. The summed E-state index contributed by atoms with van der Waals surface area (Å²) in [6.45, 7) is 1.29. The number of ether oxygens (including phenoxy) is 1. The molecule has 0 bridgehead atoms. The van der Waals surface area contributed by atoms with Gasteiger partial charge >= 0.3 is 0 Å². The van der Waals surface area contributed by atoms with Crippen LogP contribution in [0.4, 0.5) is 5.82 Å². The number of nitrogens with one attached hydrogen (secondary N) is 1. The van der Waals surface area contributed by atoms with E-state index in [9.17, 15) is 0 Å². The molecule has 2 aromatic rings. The van der Waals surface area contributed by atoms with E-state index in [0.717, 1.165) is 28.8 Å². The van der Waals surface area contributed by atoms with Crippen LogP contribution in [0.2, 0.25) is 0 Å². The fraction of sp³-hybridized carbons (Fsp3) is 0.214. The van der Waals surface area contributed by atoms with Crippen molar-refractivity contribution in [2.45, 2.75) is 13.0 Å². The second-order valence-electron chi connectivity index (χ2n) is 4.66. The van der Waals surface area contributed by atoms with Crippen LogP contribution in [-0.4, -0.2) is 21.8 Å². The molecule has 0 radical (unpaired) electrons. The average molecular weight is 365 g/mol. The van der Waals surface area contributed by atoms with E-state index in [-0.39, 0.29) is 0 Å². The van der Waals surface area contributed by atoms with Crippen LogP contribution in [0.25, 0.3) is 0 Å². The lowest BCUT2D eigenvalue weighted by Gasteiger charge is -2.12. The molecular weight excluding hydrogens is 352 g/mol. The van der Waals surface area contributed by atoms with Gasteiger partial charge in [0.2, 0.25) is 0 Å². The van der Waals surface area contributed by atoms with E-state index in [0.29, 0.717) is 22.9 Å². The maximum atomic E-state index is 5.70. The van der Waals surface area contributed by atoms with Gasteiger partial charge in [-0.05, 0) is 23.8 Å². The van der Waals surface area contributed by atoms with Gasteiger partial charge in [0.25, 0.3) is 0 Å². The molecule has 3 rings (SSSR count). The third-order valence-corrected chi connectivity index (χ3v) is 3.94. The molecule has 0 fully saturated rings. The number of nitrogens with two attached hydrogens (primary N) is 1. The molecule has 0 saturated carbocycles. The Hall–Kier alpha value is -1.73. The van der Waals surface area contributed by atoms with Crippen molar-refractivity contribution < 1.29 is 4.74 Å². The normalized spacial score (nSPS) is 12.6. The van der Waals surface area contributed by atoms with Gasteiger partial charge in [-0.3, -0.25) is 0 Å². The van der Waals surface area contributed by atoms with E-state index in [2.05, 4.69) is 37.5 Å². The summed E-state index contributed by atoms with van der Waals surface area (Å²) >= 11 is 8.55. The topological polar surface area (TPSA) is 73.1 Å². The Labute approximate surface area is 136 Å². The standard InChI is InChI=1S/C14H13BrN4OS/c15-10-5-8-2-4-20-12(8)9(6-10)7-17-14-11(13(16)21)1-3-18-19-14/h1,3,5-6H,2,4,7H2,(H2,16,21)(H,17,19). The minimum atomic E-state index is 0.295. The lowest BCUT2D eigenvalue weighted by atomic mass is 10.1. The number of fused-ring (bicyclic) bond motifs is 1. The Morgan fingerprint density at radius 2 is 2.33 bits per heavy atom. The lowest BCUT2D eigenvalue weighted by molar-refractivity contribution is 0.354. The van der Waals surface area contributed by atoms with Gasteiger partial charge in [-0.2, -0.15) is 5.10 Å². The van der Waals surface area contributed by atoms with Crippen molar-refractivity contribution in [2.24, 2.45) is 5.73 Å². The molecular formula is C14H13BrN4OS. The zero-order valence-electron chi connectivity index (χ0n) is 11.1. The summed E-state index contributed by atoms with van der Waals surface area (Å²) in [4.78, 5) is 0.295. The smallest absolute Gasteiger partial charge is 0.159 e. The first kappa shape index (κ1) is 14.2. The first-order valence-electron chi connectivity index (χ1n) is 6.44. The first-order chi connectivity index (χ1) is 10.1. The second-order valence-corrected chi connectivity index (χ2v) is 6.02. The molecule has 3 N–H and O–H groups in total. The van der Waals surface area contributed by atoms with Crippen molar-refractivity contribution in [1.82, 2.24) is 10.2 Å². The Balaban J connectivity index is 1.85. The third kappa shape index (κ3) is 2.98. The summed E-state index contributed by atoms with van der Waals surface area (Å²) in [5.41, 5.74) is 8.66. The Morgan fingerprint density at radius 3 is 3.14 bits per heavy atom. The van der Waals surface area contributed by atoms with E-state index in [1.165, 1.54) is 5.56 Å². The Kier molecular flexibility index (Phi) is 4.03. The summed E-state index contributed by atoms with van der Waals surface area (Å²) in [5.74, 6) is 1.53. The molecule has 0 aliphatic carbocycles. The highest BCUT2D eigenvalue weighted by atomic mass is 79.9. The quantitative estimate of drug-likeness (QED) is 0.811. The summed E-state index contributed by atoms with van der Waals surface area (Å²) < 4.78 is 6.74. The Morgan fingerprint density at radius 1 is 1.48 bits per heavy atom. The molecule has 0 atom stereocenters. The van der Waals surface area contributed by atoms with Gasteiger partial charge in [0.05, 0.1) is 18.4 Å². The van der Waals surface area contributed by atoms with Crippen molar-refractivity contribution in [3.05, 3.63) is 45.6 Å². The number of nitrogens with zero attached hydrogens (tertiary/aromatic N) is 2. The van der Waals surface area contributed by atoms with Crippen molar-refractivity contribution in [3.63, 3.8) is 0 Å². The molecule has 0 amide bonds. The largest absolute Gasteiger partial charge is 0.493 e. The van der Waals surface area contributed by atoms with Crippen LogP contribution < -0.4 is 15.8 Å². The molecule has 5 nitrogen and oxygen atoms in total. The van der Waals surface area contributed by atoms with Crippen LogP contribution >= 0.6 is 28.1 Å². The summed E-state index contributed by atoms with van der Waals surface area (Å²) in [6.07, 6.45) is 2.50. The molecule has 1 aromatic heterocycles. The molecule has 1 aliphatic rings. The highest BCUT2D eigenvalue weighted by molar-refractivity contribution is 9.10. The van der Waals surface area contributed by atoms with Gasteiger partial charge in [0.15, 0.2) is 5.82 Å². The zero-order valence-corrected chi connectivity index (χ0v) is 13.5. The molecule has 0 saturated heterocycles. The Bertz CT molecular complexity index is 707. The van der Waals surface area contributed by atoms with E-state index < -0.39 is 0 Å². The van der Waals surface area contributed by atoms with Crippen molar-refractivity contribution in [3.8, 4) is 5.75 Å². The van der Waals surface area contributed by atoms with Gasteiger partial charge in [0.1, 0.15) is 10.7 Å². The van der Waals surface area contributed by atoms with Gasteiger partial charge in [-0.1, -0.05) is 28.1 Å². The second kappa shape index (κ2) is 5.95. The number of halogens is 1. The monoisotopic (exact) mass is 364 g/mol. The maximum absolute atomic E-state index is 5.70. The van der Waals surface area contributed by atoms with Crippen LogP contribution in [0.1, 0.15) is 16.7 Å². The molecule has 21 heavy (non-hydrogen) atoms. The zero-order chi connectivity index (χ0) is 14.8. The summed E-state index contributed by atoms with van der Waals surface area (Å²) in [5, 5.41) is 11.1. The van der Waals surface area contributed by atoms with E-state index in [1.54, 1.807) is 12.3 Å². The van der Waals surface area contributed by atoms with E-state index in [1.807, 2.05) is 6.07 Å². The lowest BCUT2D eigenvalue weighted by Crippen LogP contribution is -2.15. The van der Waals surface area contributed by atoms with Gasteiger partial charge < -0.3 is 15.8 Å². The highest BCUT2D eigenvalue weighted by Crippen LogP contribution is 2.33. The van der Waals surface area contributed by atoms with Gasteiger partial charge in [-0.25, -0.2) is 0 Å². The van der Waals surface area contributed by atoms with Crippen LogP contribution in [0.3, 0.4) is 0 Å². The summed E-state index contributed by atoms with van der Waals surface area (Å²) in [7, 11) is 0. The van der Waals surface area contributed by atoms with Gasteiger partial charge in [0, 0.05) is 23.0 Å². The van der Waals surface area contributed by atoms with Crippen molar-refractivity contribution in [1.29, 1.82) is 0 Å². The molecule has 108 valence electrons. The number of benzene rings is 1. The van der Waals surface area contributed by atoms with Crippen LogP contribution in [-0.2, 0) is 13.0 Å². The third-order valence-electron chi connectivity index (χ3n) is 3.26. The highest BCUT2D eigenvalue weighted by Gasteiger charge is 2.17. The number of hydrogen-bond acceptors (Lipinski definition) is 5. The van der Waals surface area contributed by atoms with Crippen molar-refractivity contribution in [2.75, 3.05) is 11.9 Å². The molecule has 0 spiro atoms. The van der Waals surface area contributed by atoms with E-state index in [4.69, 9.17) is 22.7 Å². The predicted octanol–water partition coefficient (Wildman–Crippen LogP) is 2.42. The summed E-state index contributed by atoms with van der Waals surface area (Å²) in [6, 6.07) is 5.88. The minimum Gasteiger partial charge on any atom is -0.493 e. The van der Waals surface area contributed by atoms with E-state index >= 15 is 0 Å². The predicted molar refractivity (Wildman–Crippen MR) is 88.6 cm³/mol. The van der Waals surface area contributed by atoms with Crippen molar-refractivity contribution >= 4 is 39.0 Å². The molecule has 2 heterocycles. The molecule has 0 unspecified atom stereocenters. The van der Waals surface area contributed by atoms with Gasteiger partial charge in [-0.15, -0.1) is 5.10 Å². The molecule has 7 heteroatoms. The number of hydrogen-bond donors (Lipinski definition) is 2.